The molecular formula is C16H21FN2O6. The van der Waals surface area contributed by atoms with Crippen LogP contribution < -0.4 is 4.90 Å². The summed E-state index contributed by atoms with van der Waals surface area (Å²) < 4.78 is 23.6. The van der Waals surface area contributed by atoms with Crippen molar-refractivity contribution in [2.45, 2.75) is 52.7 Å². The highest BCUT2D eigenvalue weighted by molar-refractivity contribution is 6.11. The zero-order chi connectivity index (χ0) is 19.6. The van der Waals surface area contributed by atoms with Crippen LogP contribution in [0.4, 0.5) is 25.4 Å². The predicted molar refractivity (Wildman–Crippen MR) is 88.0 cm³/mol. The number of ether oxygens (including phenoxy) is 2. The molecule has 0 aromatic heterocycles. The van der Waals surface area contributed by atoms with Crippen molar-refractivity contribution in [1.29, 1.82) is 0 Å². The summed E-state index contributed by atoms with van der Waals surface area (Å²) in [5.74, 6) is -0.885. The Bertz CT molecular complexity index is 663. The molecule has 2 amide bonds. The summed E-state index contributed by atoms with van der Waals surface area (Å²) in [6, 6.07) is 2.45. The number of hydrogen-bond acceptors (Lipinski definition) is 6. The first-order chi connectivity index (χ1) is 11.2. The number of amides is 2. The van der Waals surface area contributed by atoms with Gasteiger partial charge in [0.05, 0.1) is 11.0 Å². The van der Waals surface area contributed by atoms with Gasteiger partial charge in [0.1, 0.15) is 22.7 Å². The van der Waals surface area contributed by atoms with Crippen molar-refractivity contribution < 1.29 is 28.4 Å². The van der Waals surface area contributed by atoms with Crippen molar-refractivity contribution in [3.8, 4) is 0 Å². The van der Waals surface area contributed by atoms with Gasteiger partial charge in [0.25, 0.3) is 5.69 Å². The molecule has 0 radical (unpaired) electrons. The van der Waals surface area contributed by atoms with E-state index in [1.807, 2.05) is 0 Å². The molecule has 0 aliphatic carbocycles. The fourth-order valence-electron chi connectivity index (χ4n) is 1.72. The maximum atomic E-state index is 13.4. The van der Waals surface area contributed by atoms with Gasteiger partial charge in [0.15, 0.2) is 0 Å². The average molecular weight is 356 g/mol. The third-order valence-corrected chi connectivity index (χ3v) is 2.53. The molecule has 9 heteroatoms. The molecule has 0 saturated carbocycles. The van der Waals surface area contributed by atoms with Crippen LogP contribution in [0, 0.1) is 15.9 Å². The van der Waals surface area contributed by atoms with Crippen LogP contribution in [0.15, 0.2) is 18.2 Å². The number of carbonyl (C=O) groups excluding carboxylic acids is 2. The van der Waals surface area contributed by atoms with E-state index in [2.05, 4.69) is 0 Å². The first kappa shape index (κ1) is 20.3. The molecule has 0 heterocycles. The Balaban J connectivity index is 3.44. The van der Waals surface area contributed by atoms with Gasteiger partial charge >= 0.3 is 12.2 Å². The second-order valence-electron chi connectivity index (χ2n) is 7.19. The molecule has 0 bridgehead atoms. The molecular weight excluding hydrogens is 335 g/mol. The number of rotatable bonds is 2. The Morgan fingerprint density at radius 2 is 1.48 bits per heavy atom. The Kier molecular flexibility index (Phi) is 5.72. The number of anilines is 1. The molecule has 1 aromatic rings. The van der Waals surface area contributed by atoms with Crippen LogP contribution in [0.5, 0.6) is 0 Å². The number of nitro groups is 1. The summed E-state index contributed by atoms with van der Waals surface area (Å²) in [4.78, 5) is 35.5. The number of halogens is 1. The monoisotopic (exact) mass is 356 g/mol. The van der Waals surface area contributed by atoms with Crippen molar-refractivity contribution in [3.63, 3.8) is 0 Å². The van der Waals surface area contributed by atoms with E-state index < -0.39 is 45.5 Å². The third-order valence-electron chi connectivity index (χ3n) is 2.53. The Morgan fingerprint density at radius 1 is 1.04 bits per heavy atom. The van der Waals surface area contributed by atoms with Crippen LogP contribution in [0.25, 0.3) is 0 Å². The third kappa shape index (κ3) is 6.02. The van der Waals surface area contributed by atoms with Gasteiger partial charge in [0, 0.05) is 0 Å². The van der Waals surface area contributed by atoms with Crippen LogP contribution in [0.3, 0.4) is 0 Å². The lowest BCUT2D eigenvalue weighted by Crippen LogP contribution is -2.44. The molecule has 0 unspecified atom stereocenters. The van der Waals surface area contributed by atoms with E-state index in [0.717, 1.165) is 12.1 Å². The molecule has 0 N–H and O–H groups in total. The number of benzene rings is 1. The SMILES string of the molecule is CC(C)(C)OC(=O)N(C(=O)OC(C)(C)C)c1ccc(F)cc1[N+](=O)[O-]. The van der Waals surface area contributed by atoms with Crippen molar-refractivity contribution in [1.82, 2.24) is 0 Å². The molecule has 25 heavy (non-hydrogen) atoms. The lowest BCUT2D eigenvalue weighted by Gasteiger charge is -2.28. The van der Waals surface area contributed by atoms with Gasteiger partial charge in [-0.05, 0) is 53.7 Å². The Labute approximate surface area is 144 Å². The molecule has 0 aliphatic rings. The first-order valence-electron chi connectivity index (χ1n) is 7.41. The van der Waals surface area contributed by atoms with E-state index in [4.69, 9.17) is 9.47 Å². The normalized spacial score (nSPS) is 11.6. The van der Waals surface area contributed by atoms with Gasteiger partial charge in [-0.15, -0.1) is 0 Å². The molecule has 0 aliphatic heterocycles. The van der Waals surface area contributed by atoms with E-state index >= 15 is 0 Å². The van der Waals surface area contributed by atoms with Crippen LogP contribution in [0.2, 0.25) is 0 Å². The summed E-state index contributed by atoms with van der Waals surface area (Å²) >= 11 is 0. The quantitative estimate of drug-likeness (QED) is 0.575. The standard InChI is InChI=1S/C16H21FN2O6/c1-15(2,3)24-13(20)18(14(21)25-16(4,5)6)11-8-7-10(17)9-12(11)19(22)23/h7-9H,1-6H3. The maximum absolute atomic E-state index is 13.4. The summed E-state index contributed by atoms with van der Waals surface area (Å²) in [5.41, 5.74) is -3.15. The lowest BCUT2D eigenvalue weighted by atomic mass is 10.2. The van der Waals surface area contributed by atoms with Crippen molar-refractivity contribution in [2.24, 2.45) is 0 Å². The Morgan fingerprint density at radius 3 is 1.84 bits per heavy atom. The highest BCUT2D eigenvalue weighted by Gasteiger charge is 2.36. The highest BCUT2D eigenvalue weighted by atomic mass is 19.1. The molecule has 1 aromatic carbocycles. The van der Waals surface area contributed by atoms with Crippen LogP contribution in [-0.2, 0) is 9.47 Å². The summed E-state index contributed by atoms with van der Waals surface area (Å²) in [7, 11) is 0. The molecule has 0 atom stereocenters. The zero-order valence-electron chi connectivity index (χ0n) is 15.0. The van der Waals surface area contributed by atoms with Gasteiger partial charge in [-0.3, -0.25) is 10.1 Å². The van der Waals surface area contributed by atoms with E-state index in [1.165, 1.54) is 0 Å². The molecule has 0 fully saturated rings. The maximum Gasteiger partial charge on any atom is 0.424 e. The fraction of sp³-hybridized carbons (Fsp3) is 0.500. The van der Waals surface area contributed by atoms with Crippen molar-refractivity contribution in [2.75, 3.05) is 4.90 Å². The molecule has 0 saturated heterocycles. The first-order valence-corrected chi connectivity index (χ1v) is 7.41. The van der Waals surface area contributed by atoms with Gasteiger partial charge in [0.2, 0.25) is 0 Å². The second kappa shape index (κ2) is 7.04. The molecule has 1 rings (SSSR count). The molecule has 138 valence electrons. The number of imide groups is 1. The van der Waals surface area contributed by atoms with Crippen molar-refractivity contribution in [3.05, 3.63) is 34.1 Å². The predicted octanol–water partition coefficient (Wildman–Crippen LogP) is 4.41. The Hall–Kier alpha value is -2.71. The van der Waals surface area contributed by atoms with Crippen LogP contribution in [0.1, 0.15) is 41.5 Å². The number of nitrogens with zero attached hydrogens (tertiary/aromatic N) is 2. The zero-order valence-corrected chi connectivity index (χ0v) is 15.0. The second-order valence-corrected chi connectivity index (χ2v) is 7.19. The largest absolute Gasteiger partial charge is 0.443 e. The smallest absolute Gasteiger partial charge is 0.424 e. The van der Waals surface area contributed by atoms with E-state index in [0.29, 0.717) is 11.0 Å². The van der Waals surface area contributed by atoms with Gasteiger partial charge in [-0.25, -0.2) is 14.0 Å². The van der Waals surface area contributed by atoms with E-state index in [1.54, 1.807) is 41.5 Å². The van der Waals surface area contributed by atoms with Gasteiger partial charge in [-0.1, -0.05) is 0 Å². The minimum absolute atomic E-state index is 0.383. The van der Waals surface area contributed by atoms with Crippen LogP contribution in [-0.4, -0.2) is 28.3 Å². The summed E-state index contributed by atoms with van der Waals surface area (Å²) in [5, 5.41) is 11.2. The number of hydrogen-bond donors (Lipinski definition) is 0. The minimum Gasteiger partial charge on any atom is -0.443 e. The average Bonchev–Trinajstić information content (AvgIpc) is 2.36. The minimum atomic E-state index is -1.17. The fourth-order valence-corrected chi connectivity index (χ4v) is 1.72. The topological polar surface area (TPSA) is 99.0 Å². The summed E-state index contributed by atoms with van der Waals surface area (Å²) in [6.07, 6.45) is -2.34. The van der Waals surface area contributed by atoms with E-state index in [9.17, 15) is 24.1 Å². The molecule has 0 spiro atoms. The molecule has 8 nitrogen and oxygen atoms in total. The number of nitro benzene ring substituents is 1. The highest BCUT2D eigenvalue weighted by Crippen LogP contribution is 2.31. The van der Waals surface area contributed by atoms with E-state index in [-0.39, 0.29) is 0 Å². The van der Waals surface area contributed by atoms with Gasteiger partial charge in [-0.2, -0.15) is 4.90 Å². The van der Waals surface area contributed by atoms with Crippen LogP contribution >= 0.6 is 0 Å². The number of carbonyl (C=O) groups is 2. The lowest BCUT2D eigenvalue weighted by molar-refractivity contribution is -0.384. The summed E-state index contributed by atoms with van der Waals surface area (Å²) in [6.45, 7) is 9.40. The van der Waals surface area contributed by atoms with Gasteiger partial charge < -0.3 is 9.47 Å². The van der Waals surface area contributed by atoms with Crippen molar-refractivity contribution >= 4 is 23.6 Å².